The summed E-state index contributed by atoms with van der Waals surface area (Å²) >= 11 is 12.0. The molecule has 1 aliphatic rings. The molecule has 20 heavy (non-hydrogen) atoms. The minimum Gasteiger partial charge on any atom is -0.306 e. The quantitative estimate of drug-likeness (QED) is 0.366. The smallest absolute Gasteiger partial charge is 0.306 e. The average molecular weight is 345 g/mol. The van der Waals surface area contributed by atoms with Crippen molar-refractivity contribution in [1.82, 2.24) is 9.76 Å². The van der Waals surface area contributed by atoms with E-state index in [9.17, 15) is 4.57 Å². The molecule has 0 amide bonds. The Kier molecular flexibility index (Phi) is 9.76. The first-order valence-corrected chi connectivity index (χ1v) is 10.1. The van der Waals surface area contributed by atoms with Crippen LogP contribution in [0.1, 0.15) is 45.4 Å². The maximum Gasteiger partial charge on any atom is 0.343 e. The van der Waals surface area contributed by atoms with E-state index in [-0.39, 0.29) is 5.38 Å². The van der Waals surface area contributed by atoms with Gasteiger partial charge in [-0.15, -0.1) is 23.2 Å². The van der Waals surface area contributed by atoms with Gasteiger partial charge in [0.15, 0.2) is 0 Å². The van der Waals surface area contributed by atoms with Gasteiger partial charge in [0.05, 0.1) is 6.61 Å². The third-order valence-electron chi connectivity index (χ3n) is 3.39. The molecule has 1 fully saturated rings. The Bertz CT molecular complexity index is 308. The molecule has 0 radical (unpaired) electrons. The van der Waals surface area contributed by atoms with Crippen LogP contribution in [0.25, 0.3) is 0 Å². The molecule has 1 N–H and O–H groups in total. The average Bonchev–Trinajstić information content (AvgIpc) is 2.44. The zero-order chi connectivity index (χ0) is 14.8. The van der Waals surface area contributed by atoms with Crippen molar-refractivity contribution in [2.45, 2.75) is 50.8 Å². The molecule has 0 aromatic heterocycles. The lowest BCUT2D eigenvalue weighted by molar-refractivity contribution is 0.198. The molecule has 120 valence electrons. The number of nitrogens with one attached hydrogen (secondary N) is 1. The van der Waals surface area contributed by atoms with E-state index in [4.69, 9.17) is 27.7 Å². The van der Waals surface area contributed by atoms with Gasteiger partial charge in [0, 0.05) is 30.9 Å². The molecule has 1 heterocycles. The van der Waals surface area contributed by atoms with Crippen molar-refractivity contribution in [2.75, 3.05) is 32.1 Å². The summed E-state index contributed by atoms with van der Waals surface area (Å²) in [7, 11) is -2.92. The SMILES string of the molecule is CCCCCCC(Cl)CN1CCCOP1(=O)NCCCl. The highest BCUT2D eigenvalue weighted by molar-refractivity contribution is 7.54. The van der Waals surface area contributed by atoms with E-state index in [1.807, 2.05) is 4.67 Å². The lowest BCUT2D eigenvalue weighted by Crippen LogP contribution is -2.38. The van der Waals surface area contributed by atoms with Gasteiger partial charge in [-0.2, -0.15) is 0 Å². The minimum atomic E-state index is -2.92. The number of halogens is 2. The van der Waals surface area contributed by atoms with Gasteiger partial charge in [-0.3, -0.25) is 4.57 Å². The summed E-state index contributed by atoms with van der Waals surface area (Å²) in [6.45, 7) is 4.60. The zero-order valence-electron chi connectivity index (χ0n) is 12.3. The molecule has 0 bridgehead atoms. The zero-order valence-corrected chi connectivity index (χ0v) is 14.7. The fourth-order valence-corrected chi connectivity index (χ4v) is 4.97. The lowest BCUT2D eigenvalue weighted by atomic mass is 10.1. The third-order valence-corrected chi connectivity index (χ3v) is 6.19. The molecule has 4 nitrogen and oxygen atoms in total. The van der Waals surface area contributed by atoms with Crippen LogP contribution in [0.5, 0.6) is 0 Å². The van der Waals surface area contributed by atoms with E-state index in [1.165, 1.54) is 19.3 Å². The van der Waals surface area contributed by atoms with Gasteiger partial charge in [-0.25, -0.2) is 9.76 Å². The van der Waals surface area contributed by atoms with Crippen molar-refractivity contribution < 1.29 is 9.09 Å². The van der Waals surface area contributed by atoms with Gasteiger partial charge in [0.25, 0.3) is 0 Å². The van der Waals surface area contributed by atoms with Crippen molar-refractivity contribution in [2.24, 2.45) is 0 Å². The van der Waals surface area contributed by atoms with Gasteiger partial charge < -0.3 is 4.52 Å². The van der Waals surface area contributed by atoms with Gasteiger partial charge in [0.1, 0.15) is 0 Å². The van der Waals surface area contributed by atoms with Crippen molar-refractivity contribution in [3.05, 3.63) is 0 Å². The van der Waals surface area contributed by atoms with Crippen molar-refractivity contribution >= 4 is 30.9 Å². The summed E-state index contributed by atoms with van der Waals surface area (Å²) in [6, 6.07) is 0. The Morgan fingerprint density at radius 2 is 2.20 bits per heavy atom. The second-order valence-electron chi connectivity index (χ2n) is 5.16. The molecular weight excluding hydrogens is 318 g/mol. The van der Waals surface area contributed by atoms with E-state index in [2.05, 4.69) is 12.0 Å². The van der Waals surface area contributed by atoms with Crippen molar-refractivity contribution in [3.63, 3.8) is 0 Å². The molecule has 1 aliphatic heterocycles. The first-order valence-electron chi connectivity index (χ1n) is 7.57. The second-order valence-corrected chi connectivity index (χ2v) is 8.34. The minimum absolute atomic E-state index is 0.0275. The number of rotatable bonds is 10. The van der Waals surface area contributed by atoms with E-state index in [0.717, 1.165) is 25.8 Å². The third kappa shape index (κ3) is 6.64. The first-order chi connectivity index (χ1) is 9.62. The number of hydrogen-bond acceptors (Lipinski definition) is 2. The number of hydrogen-bond donors (Lipinski definition) is 1. The van der Waals surface area contributed by atoms with Crippen LogP contribution in [0.2, 0.25) is 0 Å². The van der Waals surface area contributed by atoms with Gasteiger partial charge in [-0.05, 0) is 12.8 Å². The van der Waals surface area contributed by atoms with Crippen LogP contribution in [0, 0.1) is 0 Å². The summed E-state index contributed by atoms with van der Waals surface area (Å²) in [5.74, 6) is 0.419. The maximum absolute atomic E-state index is 12.7. The topological polar surface area (TPSA) is 41.6 Å². The number of unbranched alkanes of at least 4 members (excludes halogenated alkanes) is 3. The largest absolute Gasteiger partial charge is 0.343 e. The predicted octanol–water partition coefficient (Wildman–Crippen LogP) is 4.22. The van der Waals surface area contributed by atoms with Crippen LogP contribution in [0.4, 0.5) is 0 Å². The fourth-order valence-electron chi connectivity index (χ4n) is 2.29. The molecular formula is C13H27Cl2N2O2P. The molecule has 1 saturated heterocycles. The first kappa shape index (κ1) is 18.7. The predicted molar refractivity (Wildman–Crippen MR) is 86.9 cm³/mol. The van der Waals surface area contributed by atoms with Crippen LogP contribution < -0.4 is 5.09 Å². The molecule has 1 rings (SSSR count). The Balaban J connectivity index is 2.39. The Morgan fingerprint density at radius 3 is 2.90 bits per heavy atom. The number of alkyl halides is 2. The Labute approximate surface area is 133 Å². The summed E-state index contributed by atoms with van der Waals surface area (Å²) in [4.78, 5) is 0. The van der Waals surface area contributed by atoms with Crippen LogP contribution in [-0.2, 0) is 9.09 Å². The summed E-state index contributed by atoms with van der Waals surface area (Å²) in [5, 5.41) is 2.98. The van der Waals surface area contributed by atoms with Crippen LogP contribution in [-0.4, -0.2) is 42.2 Å². The molecule has 0 saturated carbocycles. The van der Waals surface area contributed by atoms with Gasteiger partial charge in [0.2, 0.25) is 0 Å². The van der Waals surface area contributed by atoms with Gasteiger partial charge >= 0.3 is 7.67 Å². The van der Waals surface area contributed by atoms with Crippen molar-refractivity contribution in [1.29, 1.82) is 0 Å². The molecule has 0 aromatic rings. The van der Waals surface area contributed by atoms with Gasteiger partial charge in [-0.1, -0.05) is 32.6 Å². The van der Waals surface area contributed by atoms with Crippen LogP contribution in [0.3, 0.4) is 0 Å². The standard InChI is InChI=1S/C13H27Cl2N2O2P/c1-2-3-4-5-7-13(15)12-17-10-6-11-19-20(17,18)16-9-8-14/h13H,2-12H2,1H3,(H,16,18). The van der Waals surface area contributed by atoms with E-state index < -0.39 is 7.67 Å². The summed E-state index contributed by atoms with van der Waals surface area (Å²) < 4.78 is 20.1. The van der Waals surface area contributed by atoms with E-state index in [0.29, 0.717) is 25.6 Å². The maximum atomic E-state index is 12.7. The molecule has 0 aromatic carbocycles. The van der Waals surface area contributed by atoms with Crippen LogP contribution in [0.15, 0.2) is 0 Å². The molecule has 2 atom stereocenters. The highest BCUT2D eigenvalue weighted by Crippen LogP contribution is 2.49. The Hall–Kier alpha value is 0.690. The molecule has 0 spiro atoms. The van der Waals surface area contributed by atoms with E-state index >= 15 is 0 Å². The van der Waals surface area contributed by atoms with Crippen molar-refractivity contribution in [3.8, 4) is 0 Å². The summed E-state index contributed by atoms with van der Waals surface area (Å²) in [5.41, 5.74) is 0. The van der Waals surface area contributed by atoms with Crippen LogP contribution >= 0.6 is 30.9 Å². The second kappa shape index (κ2) is 10.4. The van der Waals surface area contributed by atoms with E-state index in [1.54, 1.807) is 0 Å². The molecule has 0 aliphatic carbocycles. The number of nitrogens with zero attached hydrogens (tertiary/aromatic N) is 1. The fraction of sp³-hybridized carbons (Fsp3) is 1.00. The normalized spacial score (nSPS) is 25.8. The summed E-state index contributed by atoms with van der Waals surface area (Å²) in [6.07, 6.45) is 6.70. The molecule has 7 heteroatoms. The molecule has 2 unspecified atom stereocenters. The Morgan fingerprint density at radius 1 is 1.40 bits per heavy atom. The lowest BCUT2D eigenvalue weighted by Gasteiger charge is -2.36. The highest BCUT2D eigenvalue weighted by Gasteiger charge is 2.35. The monoisotopic (exact) mass is 344 g/mol. The highest BCUT2D eigenvalue weighted by atomic mass is 35.5.